The molecule has 3 heterocycles. The first-order valence-electron chi connectivity index (χ1n) is 9.78. The highest BCUT2D eigenvalue weighted by molar-refractivity contribution is 6.30. The average molecular weight is 434 g/mol. The van der Waals surface area contributed by atoms with E-state index in [1.54, 1.807) is 47.7 Å². The van der Waals surface area contributed by atoms with Crippen molar-refractivity contribution < 1.29 is 4.79 Å². The van der Waals surface area contributed by atoms with E-state index in [0.29, 0.717) is 28.4 Å². The molecule has 3 aromatic heterocycles. The van der Waals surface area contributed by atoms with Crippen LogP contribution in [0.2, 0.25) is 5.02 Å². The first-order chi connectivity index (χ1) is 15.0. The number of hydrogen-bond donors (Lipinski definition) is 1. The standard InChI is InChI=1S/C22H20ClN7O/c1-3-21-27-13-28-30(21)18-9-15(19-5-4-17(23)11-26-19)8-16(10-18)22(31)29-14(2)20-12-24-6-7-25-20/h4-14H,3H2,1-2H3,(H,29,31). The first kappa shape index (κ1) is 20.6. The topological polar surface area (TPSA) is 98.5 Å². The molecule has 0 aliphatic rings. The molecule has 0 saturated heterocycles. The van der Waals surface area contributed by atoms with Crippen LogP contribution in [0.25, 0.3) is 16.9 Å². The zero-order valence-electron chi connectivity index (χ0n) is 17.0. The van der Waals surface area contributed by atoms with Crippen molar-refractivity contribution in [3.8, 4) is 16.9 Å². The molecule has 0 saturated carbocycles. The van der Waals surface area contributed by atoms with Gasteiger partial charge in [0.25, 0.3) is 5.91 Å². The van der Waals surface area contributed by atoms with Crippen LogP contribution in [0.5, 0.6) is 0 Å². The minimum Gasteiger partial charge on any atom is -0.344 e. The number of carbonyl (C=O) groups excluding carboxylic acids is 1. The zero-order valence-corrected chi connectivity index (χ0v) is 17.8. The lowest BCUT2D eigenvalue weighted by molar-refractivity contribution is 0.0939. The monoisotopic (exact) mass is 433 g/mol. The quantitative estimate of drug-likeness (QED) is 0.496. The van der Waals surface area contributed by atoms with E-state index < -0.39 is 0 Å². The van der Waals surface area contributed by atoms with Crippen LogP contribution in [0.3, 0.4) is 0 Å². The van der Waals surface area contributed by atoms with Crippen LogP contribution >= 0.6 is 11.6 Å². The Morgan fingerprint density at radius 2 is 2.00 bits per heavy atom. The van der Waals surface area contributed by atoms with Gasteiger partial charge in [-0.1, -0.05) is 18.5 Å². The van der Waals surface area contributed by atoms with Gasteiger partial charge in [-0.2, -0.15) is 5.10 Å². The number of pyridine rings is 1. The fraction of sp³-hybridized carbons (Fsp3) is 0.182. The molecule has 156 valence electrons. The molecule has 0 bridgehead atoms. The van der Waals surface area contributed by atoms with E-state index in [1.165, 1.54) is 6.33 Å². The molecule has 31 heavy (non-hydrogen) atoms. The summed E-state index contributed by atoms with van der Waals surface area (Å²) in [5, 5.41) is 7.84. The molecule has 1 amide bonds. The highest BCUT2D eigenvalue weighted by Gasteiger charge is 2.17. The molecule has 4 rings (SSSR count). The molecule has 0 aliphatic carbocycles. The Kier molecular flexibility index (Phi) is 5.99. The van der Waals surface area contributed by atoms with Crippen molar-refractivity contribution in [3.63, 3.8) is 0 Å². The molecular formula is C22H20ClN7O. The minimum absolute atomic E-state index is 0.242. The molecule has 1 aromatic carbocycles. The van der Waals surface area contributed by atoms with Crippen LogP contribution in [-0.4, -0.2) is 35.6 Å². The van der Waals surface area contributed by atoms with Crippen LogP contribution < -0.4 is 5.32 Å². The van der Waals surface area contributed by atoms with Crippen molar-refractivity contribution in [2.24, 2.45) is 0 Å². The van der Waals surface area contributed by atoms with E-state index in [-0.39, 0.29) is 11.9 Å². The van der Waals surface area contributed by atoms with E-state index in [2.05, 4.69) is 30.4 Å². The predicted molar refractivity (Wildman–Crippen MR) is 117 cm³/mol. The number of aryl methyl sites for hydroxylation is 1. The van der Waals surface area contributed by atoms with E-state index in [1.807, 2.05) is 26.0 Å². The van der Waals surface area contributed by atoms with Crippen LogP contribution in [0.4, 0.5) is 0 Å². The van der Waals surface area contributed by atoms with Crippen molar-refractivity contribution in [1.82, 2.24) is 35.0 Å². The van der Waals surface area contributed by atoms with Gasteiger partial charge in [-0.15, -0.1) is 0 Å². The maximum Gasteiger partial charge on any atom is 0.251 e. The van der Waals surface area contributed by atoms with Gasteiger partial charge in [0.2, 0.25) is 0 Å². The number of amides is 1. The Labute approximate surface area is 184 Å². The summed E-state index contributed by atoms with van der Waals surface area (Å²) < 4.78 is 1.72. The van der Waals surface area contributed by atoms with Gasteiger partial charge in [0.05, 0.1) is 34.3 Å². The molecule has 0 radical (unpaired) electrons. The van der Waals surface area contributed by atoms with Crippen molar-refractivity contribution in [2.45, 2.75) is 26.3 Å². The van der Waals surface area contributed by atoms with Crippen LogP contribution in [0.1, 0.15) is 41.8 Å². The van der Waals surface area contributed by atoms with E-state index in [4.69, 9.17) is 11.6 Å². The first-order valence-corrected chi connectivity index (χ1v) is 10.2. The Hall–Kier alpha value is -3.65. The van der Waals surface area contributed by atoms with E-state index in [9.17, 15) is 4.79 Å². The summed E-state index contributed by atoms with van der Waals surface area (Å²) in [6, 6.07) is 8.77. The fourth-order valence-electron chi connectivity index (χ4n) is 3.17. The SMILES string of the molecule is CCc1ncnn1-c1cc(C(=O)NC(C)c2cnccn2)cc(-c2ccc(Cl)cn2)c1. The molecule has 9 heteroatoms. The number of nitrogens with one attached hydrogen (secondary N) is 1. The lowest BCUT2D eigenvalue weighted by Crippen LogP contribution is -2.27. The Morgan fingerprint density at radius 1 is 1.13 bits per heavy atom. The third-order valence-electron chi connectivity index (χ3n) is 4.76. The third-order valence-corrected chi connectivity index (χ3v) is 4.98. The summed E-state index contributed by atoms with van der Waals surface area (Å²) in [5.74, 6) is 0.550. The van der Waals surface area contributed by atoms with Crippen LogP contribution in [0.15, 0.2) is 61.4 Å². The second kappa shape index (κ2) is 9.01. The maximum atomic E-state index is 13.1. The molecule has 0 spiro atoms. The summed E-state index contributed by atoms with van der Waals surface area (Å²) in [5.41, 5.74) is 3.33. The number of nitrogens with zero attached hydrogens (tertiary/aromatic N) is 6. The molecule has 1 unspecified atom stereocenters. The number of hydrogen-bond acceptors (Lipinski definition) is 6. The Balaban J connectivity index is 1.74. The number of aromatic nitrogens is 6. The molecule has 0 fully saturated rings. The lowest BCUT2D eigenvalue weighted by atomic mass is 10.0. The summed E-state index contributed by atoms with van der Waals surface area (Å²) >= 11 is 5.99. The smallest absolute Gasteiger partial charge is 0.251 e. The van der Waals surface area contributed by atoms with Gasteiger partial charge < -0.3 is 5.32 Å². The van der Waals surface area contributed by atoms with E-state index in [0.717, 1.165) is 17.1 Å². The molecule has 1 N–H and O–H groups in total. The third kappa shape index (κ3) is 4.59. The van der Waals surface area contributed by atoms with E-state index >= 15 is 0 Å². The van der Waals surface area contributed by atoms with Gasteiger partial charge in [-0.25, -0.2) is 9.67 Å². The van der Waals surface area contributed by atoms with Crippen molar-refractivity contribution in [1.29, 1.82) is 0 Å². The summed E-state index contributed by atoms with van der Waals surface area (Å²) in [7, 11) is 0. The van der Waals surface area contributed by atoms with Crippen LogP contribution in [0, 0.1) is 0 Å². The highest BCUT2D eigenvalue weighted by atomic mass is 35.5. The van der Waals surface area contributed by atoms with Crippen molar-refractivity contribution in [2.75, 3.05) is 0 Å². The molecule has 0 aliphatic heterocycles. The zero-order chi connectivity index (χ0) is 21.8. The van der Waals surface area contributed by atoms with Crippen molar-refractivity contribution in [3.05, 3.63) is 83.6 Å². The summed E-state index contributed by atoms with van der Waals surface area (Å²) in [6.45, 7) is 3.86. The summed E-state index contributed by atoms with van der Waals surface area (Å²) in [6.07, 6.45) is 8.60. The van der Waals surface area contributed by atoms with Crippen LogP contribution in [-0.2, 0) is 6.42 Å². The lowest BCUT2D eigenvalue weighted by Gasteiger charge is -2.15. The number of carbonyl (C=O) groups is 1. The minimum atomic E-state index is -0.306. The largest absolute Gasteiger partial charge is 0.344 e. The predicted octanol–water partition coefficient (Wildman–Crippen LogP) is 3.83. The molecule has 1 atom stereocenters. The Morgan fingerprint density at radius 3 is 2.71 bits per heavy atom. The molecule has 4 aromatic rings. The van der Waals surface area contributed by atoms with Gasteiger partial charge in [-0.05, 0) is 37.3 Å². The molecule has 8 nitrogen and oxygen atoms in total. The number of rotatable bonds is 6. The molecular weight excluding hydrogens is 414 g/mol. The highest BCUT2D eigenvalue weighted by Crippen LogP contribution is 2.25. The number of halogens is 1. The van der Waals surface area contributed by atoms with Gasteiger partial charge in [0, 0.05) is 36.1 Å². The van der Waals surface area contributed by atoms with Gasteiger partial charge >= 0.3 is 0 Å². The van der Waals surface area contributed by atoms with Gasteiger partial charge in [0.1, 0.15) is 12.2 Å². The fourth-order valence-corrected chi connectivity index (χ4v) is 3.28. The second-order valence-electron chi connectivity index (χ2n) is 6.90. The second-order valence-corrected chi connectivity index (χ2v) is 7.33. The average Bonchev–Trinajstić information content (AvgIpc) is 3.29. The Bertz CT molecular complexity index is 1190. The van der Waals surface area contributed by atoms with Gasteiger partial charge in [-0.3, -0.25) is 19.7 Å². The van der Waals surface area contributed by atoms with Crippen molar-refractivity contribution >= 4 is 17.5 Å². The summed E-state index contributed by atoms with van der Waals surface area (Å²) in [4.78, 5) is 30.1. The number of benzene rings is 1. The maximum absolute atomic E-state index is 13.1. The normalized spacial score (nSPS) is 11.8. The van der Waals surface area contributed by atoms with Gasteiger partial charge in [0.15, 0.2) is 0 Å².